The summed E-state index contributed by atoms with van der Waals surface area (Å²) in [4.78, 5) is 30.2. The number of anilines is 1. The monoisotopic (exact) mass is 517 g/mol. The van der Waals surface area contributed by atoms with Gasteiger partial charge in [-0.1, -0.05) is 49.4 Å². The van der Waals surface area contributed by atoms with Gasteiger partial charge in [0.25, 0.3) is 0 Å². The average molecular weight is 518 g/mol. The van der Waals surface area contributed by atoms with Crippen LogP contribution >= 0.6 is 0 Å². The second kappa shape index (κ2) is 12.0. The number of hydrogen-bond acceptors (Lipinski definition) is 6. The lowest BCUT2D eigenvalue weighted by atomic mass is 10.0. The van der Waals surface area contributed by atoms with Gasteiger partial charge in [-0.3, -0.25) is 14.5 Å². The predicted molar refractivity (Wildman–Crippen MR) is 145 cm³/mol. The van der Waals surface area contributed by atoms with Crippen LogP contribution < -0.4 is 10.6 Å². The average Bonchev–Trinajstić information content (AvgIpc) is 3.28. The van der Waals surface area contributed by atoms with E-state index in [2.05, 4.69) is 20.7 Å². The first-order valence-corrected chi connectivity index (χ1v) is 12.8. The number of hydrogen-bond donors (Lipinski definition) is 2. The number of nitrogens with one attached hydrogen (secondary N) is 2. The number of benzene rings is 1. The smallest absolute Gasteiger partial charge is 0.408 e. The lowest BCUT2D eigenvalue weighted by molar-refractivity contribution is -0.118. The fourth-order valence-corrected chi connectivity index (χ4v) is 4.09. The molecule has 0 unspecified atom stereocenters. The highest BCUT2D eigenvalue weighted by Gasteiger charge is 2.22. The van der Waals surface area contributed by atoms with Crippen molar-refractivity contribution in [3.8, 4) is 11.3 Å². The molecule has 1 aliphatic rings. The molecule has 2 aromatic heterocycles. The van der Waals surface area contributed by atoms with Crippen LogP contribution in [0.15, 0.2) is 67.0 Å². The second-order valence-corrected chi connectivity index (χ2v) is 10.3. The van der Waals surface area contributed by atoms with E-state index in [-0.39, 0.29) is 24.0 Å². The zero-order valence-electron chi connectivity index (χ0n) is 22.3. The highest BCUT2D eigenvalue weighted by molar-refractivity contribution is 5.96. The molecule has 0 fully saturated rings. The van der Waals surface area contributed by atoms with Crippen LogP contribution in [0.4, 0.5) is 10.5 Å². The van der Waals surface area contributed by atoms with Gasteiger partial charge in [-0.2, -0.15) is 5.10 Å². The summed E-state index contributed by atoms with van der Waals surface area (Å²) in [5.41, 5.74) is 3.48. The number of carbonyl (C=O) groups excluding carboxylic acids is 2. The quantitative estimate of drug-likeness (QED) is 0.432. The Morgan fingerprint density at radius 2 is 2.00 bits per heavy atom. The molecule has 3 aromatic rings. The van der Waals surface area contributed by atoms with E-state index in [1.807, 2.05) is 87.0 Å². The summed E-state index contributed by atoms with van der Waals surface area (Å²) in [6, 6.07) is 12.8. The zero-order chi connectivity index (χ0) is 27.1. The summed E-state index contributed by atoms with van der Waals surface area (Å²) >= 11 is 0. The number of alkyl carbamates (subject to hydrolysis) is 1. The molecule has 2 N–H and O–H groups in total. The van der Waals surface area contributed by atoms with Crippen molar-refractivity contribution in [1.29, 1.82) is 0 Å². The molecule has 0 radical (unpaired) electrons. The van der Waals surface area contributed by atoms with Gasteiger partial charge in [-0.25, -0.2) is 4.79 Å². The fourth-order valence-electron chi connectivity index (χ4n) is 4.09. The van der Waals surface area contributed by atoms with E-state index >= 15 is 0 Å². The third kappa shape index (κ3) is 7.29. The molecule has 9 heteroatoms. The Bertz CT molecular complexity index is 1280. The first-order valence-electron chi connectivity index (χ1n) is 12.8. The van der Waals surface area contributed by atoms with Crippen LogP contribution in [0.1, 0.15) is 51.4 Å². The van der Waals surface area contributed by atoms with E-state index in [1.165, 1.54) is 0 Å². The van der Waals surface area contributed by atoms with Gasteiger partial charge < -0.3 is 20.1 Å². The minimum absolute atomic E-state index is 0.144. The minimum Gasteiger partial charge on any atom is -0.445 e. The zero-order valence-corrected chi connectivity index (χ0v) is 22.3. The number of fused-ring (bicyclic) bond motifs is 4. The van der Waals surface area contributed by atoms with E-state index in [0.29, 0.717) is 31.0 Å². The van der Waals surface area contributed by atoms with Gasteiger partial charge in [-0.05, 0) is 44.9 Å². The summed E-state index contributed by atoms with van der Waals surface area (Å²) in [6.45, 7) is 8.96. The van der Waals surface area contributed by atoms with Gasteiger partial charge in [0.05, 0.1) is 54.0 Å². The Labute approximate surface area is 223 Å². The molecule has 2 bridgehead atoms. The molecule has 4 rings (SSSR count). The van der Waals surface area contributed by atoms with Crippen LogP contribution in [0, 0.1) is 5.92 Å². The van der Waals surface area contributed by atoms with Crippen molar-refractivity contribution in [3.05, 3.63) is 78.3 Å². The molecule has 3 heterocycles. The van der Waals surface area contributed by atoms with Crippen molar-refractivity contribution in [2.45, 2.75) is 58.9 Å². The molecule has 0 saturated carbocycles. The van der Waals surface area contributed by atoms with Crippen LogP contribution in [0.2, 0.25) is 0 Å². The maximum atomic E-state index is 12.9. The minimum atomic E-state index is -0.539. The Morgan fingerprint density at radius 3 is 2.76 bits per heavy atom. The summed E-state index contributed by atoms with van der Waals surface area (Å²) in [5, 5.41) is 10.5. The predicted octanol–water partition coefficient (Wildman–Crippen LogP) is 5.26. The van der Waals surface area contributed by atoms with Crippen molar-refractivity contribution in [3.63, 3.8) is 0 Å². The Hall–Kier alpha value is -3.98. The van der Waals surface area contributed by atoms with Crippen LogP contribution in [0.25, 0.3) is 11.3 Å². The number of aromatic nitrogens is 3. The van der Waals surface area contributed by atoms with Crippen molar-refractivity contribution in [2.75, 3.05) is 11.9 Å². The SMILES string of the molecule is C[C@@H]1C=CC[C@H](NC(=O)OCc2ccccc2)c2cc(ccn2)-c2c(cnn2CCOC(C)(C)C)NC1=O. The molecular formula is C29H35N5O4. The number of carbonyl (C=O) groups is 2. The fraction of sp³-hybridized carbons (Fsp3) is 0.379. The number of nitrogens with zero attached hydrogens (tertiary/aromatic N) is 3. The highest BCUT2D eigenvalue weighted by Crippen LogP contribution is 2.31. The molecule has 0 saturated heterocycles. The van der Waals surface area contributed by atoms with Crippen molar-refractivity contribution in [1.82, 2.24) is 20.1 Å². The number of amides is 2. The molecule has 0 spiro atoms. The van der Waals surface area contributed by atoms with Crippen LogP contribution in [0.3, 0.4) is 0 Å². The normalized spacial score (nSPS) is 17.5. The van der Waals surface area contributed by atoms with Crippen LogP contribution in [-0.4, -0.2) is 39.0 Å². The largest absolute Gasteiger partial charge is 0.445 e. The number of ether oxygens (including phenoxy) is 2. The van der Waals surface area contributed by atoms with Gasteiger partial charge >= 0.3 is 6.09 Å². The topological polar surface area (TPSA) is 107 Å². The van der Waals surface area contributed by atoms with E-state index in [0.717, 1.165) is 16.8 Å². The molecular weight excluding hydrogens is 482 g/mol. The first kappa shape index (κ1) is 27.1. The Kier molecular flexibility index (Phi) is 8.58. The van der Waals surface area contributed by atoms with Crippen molar-refractivity contribution < 1.29 is 19.1 Å². The Morgan fingerprint density at radius 1 is 1.21 bits per heavy atom. The molecule has 9 nitrogen and oxygen atoms in total. The summed E-state index contributed by atoms with van der Waals surface area (Å²) in [5.74, 6) is -0.526. The first-order chi connectivity index (χ1) is 18.2. The van der Waals surface area contributed by atoms with Gasteiger partial charge in [0.2, 0.25) is 5.91 Å². The van der Waals surface area contributed by atoms with Gasteiger partial charge in [0, 0.05) is 11.8 Å². The Balaban J connectivity index is 1.62. The molecule has 2 amide bonds. The molecule has 200 valence electrons. The lowest BCUT2D eigenvalue weighted by Gasteiger charge is -2.21. The second-order valence-electron chi connectivity index (χ2n) is 10.3. The van der Waals surface area contributed by atoms with E-state index in [4.69, 9.17) is 9.47 Å². The molecule has 1 aliphatic heterocycles. The maximum absolute atomic E-state index is 12.9. The third-order valence-corrected chi connectivity index (χ3v) is 6.06. The number of pyridine rings is 1. The molecule has 2 atom stereocenters. The lowest BCUT2D eigenvalue weighted by Crippen LogP contribution is -2.29. The summed E-state index contributed by atoms with van der Waals surface area (Å²) in [7, 11) is 0. The van der Waals surface area contributed by atoms with Crippen molar-refractivity contribution in [2.24, 2.45) is 5.92 Å². The third-order valence-electron chi connectivity index (χ3n) is 6.06. The van der Waals surface area contributed by atoms with Crippen molar-refractivity contribution >= 4 is 17.7 Å². The van der Waals surface area contributed by atoms with Gasteiger partial charge in [0.15, 0.2) is 0 Å². The summed E-state index contributed by atoms with van der Waals surface area (Å²) < 4.78 is 13.2. The standard InChI is InChI=1S/C29H35N5O4/c1-20-9-8-12-23(33-28(36)37-19-21-10-6-5-7-11-21)24-17-22(13-14-30-24)26-25(32-27(20)35)18-31-34(26)15-16-38-29(2,3)4/h5-11,13-14,17-18,20,23H,12,15-16,19H2,1-4H3,(H,32,35)(H,33,36)/t20-,23+/m1/s1. The number of rotatable bonds is 6. The van der Waals surface area contributed by atoms with Crippen LogP contribution in [-0.2, 0) is 27.4 Å². The van der Waals surface area contributed by atoms with Crippen LogP contribution in [0.5, 0.6) is 0 Å². The summed E-state index contributed by atoms with van der Waals surface area (Å²) in [6.07, 6.45) is 6.97. The molecule has 38 heavy (non-hydrogen) atoms. The van der Waals surface area contributed by atoms with E-state index in [9.17, 15) is 9.59 Å². The van der Waals surface area contributed by atoms with Gasteiger partial charge in [0.1, 0.15) is 6.61 Å². The van der Waals surface area contributed by atoms with E-state index in [1.54, 1.807) is 12.4 Å². The van der Waals surface area contributed by atoms with Gasteiger partial charge in [-0.15, -0.1) is 0 Å². The molecule has 1 aromatic carbocycles. The maximum Gasteiger partial charge on any atom is 0.408 e. The highest BCUT2D eigenvalue weighted by atomic mass is 16.5. The molecule has 0 aliphatic carbocycles. The van der Waals surface area contributed by atoms with E-state index < -0.39 is 12.1 Å².